The Balaban J connectivity index is 1.54. The van der Waals surface area contributed by atoms with E-state index in [1.54, 1.807) is 13.0 Å². The zero-order valence-electron chi connectivity index (χ0n) is 21.6. The molecule has 0 spiro atoms. The fourth-order valence-corrected chi connectivity index (χ4v) is 8.50. The van der Waals surface area contributed by atoms with Gasteiger partial charge in [0, 0.05) is 17.4 Å². The summed E-state index contributed by atoms with van der Waals surface area (Å²) in [6, 6.07) is 9.51. The van der Waals surface area contributed by atoms with Gasteiger partial charge in [0.1, 0.15) is 17.3 Å². The number of fused-ring (bicyclic) bond motifs is 5. The molecule has 1 aromatic carbocycles. The van der Waals surface area contributed by atoms with Gasteiger partial charge in [0.05, 0.1) is 12.2 Å². The second kappa shape index (κ2) is 8.80. The predicted molar refractivity (Wildman–Crippen MR) is 137 cm³/mol. The molecule has 4 aliphatic carbocycles. The zero-order valence-corrected chi connectivity index (χ0v) is 21.6. The van der Waals surface area contributed by atoms with Crippen molar-refractivity contribution in [2.24, 2.45) is 22.7 Å². The number of hydrogen-bond donors (Lipinski definition) is 4. The molecule has 6 nitrogen and oxygen atoms in total. The van der Waals surface area contributed by atoms with Crippen LogP contribution in [0.5, 0.6) is 0 Å². The minimum Gasteiger partial charge on any atom is -0.458 e. The minimum absolute atomic E-state index is 0.294. The minimum atomic E-state index is -1.53. The van der Waals surface area contributed by atoms with Gasteiger partial charge < -0.3 is 25.2 Å². The van der Waals surface area contributed by atoms with Crippen molar-refractivity contribution in [3.63, 3.8) is 0 Å². The van der Waals surface area contributed by atoms with Crippen molar-refractivity contribution in [1.82, 2.24) is 0 Å². The van der Waals surface area contributed by atoms with E-state index in [0.717, 1.165) is 11.1 Å². The largest absolute Gasteiger partial charge is 0.458 e. The Morgan fingerprint density at radius 3 is 2.56 bits per heavy atom. The zero-order chi connectivity index (χ0) is 25.9. The molecule has 0 amide bonds. The van der Waals surface area contributed by atoms with Gasteiger partial charge in [-0.3, -0.25) is 0 Å². The summed E-state index contributed by atoms with van der Waals surface area (Å²) in [6.45, 7) is 5.73. The van der Waals surface area contributed by atoms with Gasteiger partial charge in [-0.15, -0.1) is 0 Å². The number of esters is 1. The van der Waals surface area contributed by atoms with Crippen molar-refractivity contribution in [3.8, 4) is 0 Å². The van der Waals surface area contributed by atoms with Crippen LogP contribution < -0.4 is 0 Å². The van der Waals surface area contributed by atoms with E-state index in [1.165, 1.54) is 6.08 Å². The van der Waals surface area contributed by atoms with Crippen molar-refractivity contribution in [3.05, 3.63) is 53.6 Å². The summed E-state index contributed by atoms with van der Waals surface area (Å²) in [5, 5.41) is 45.9. The standard InChI is InChI=1S/C30H40O6/c1-19(31)23-13-16-30(35)28(23,3)25(36-26(33)10-9-20-7-5-4-6-8-20)18-24-27(2)14-12-22(32)17-21(27)11-15-29(24,30)34/h4-11,19,22-25,31-32,34-35H,12-18H2,1-3H3/b10-9+/t19-,22-,23-,24+,25+,27-,28-,29-,30+/m0/s1. The highest BCUT2D eigenvalue weighted by Crippen LogP contribution is 2.70. The van der Waals surface area contributed by atoms with Crippen LogP contribution in [0.15, 0.2) is 48.1 Å². The summed E-state index contributed by atoms with van der Waals surface area (Å²) < 4.78 is 6.14. The third kappa shape index (κ3) is 3.56. The Bertz CT molecular complexity index is 1060. The van der Waals surface area contributed by atoms with Crippen LogP contribution in [0.3, 0.4) is 0 Å². The monoisotopic (exact) mass is 496 g/mol. The van der Waals surface area contributed by atoms with Crippen LogP contribution in [0, 0.1) is 22.7 Å². The molecule has 0 aliphatic heterocycles. The maximum atomic E-state index is 13.1. The van der Waals surface area contributed by atoms with Crippen LogP contribution in [0.4, 0.5) is 0 Å². The quantitative estimate of drug-likeness (QED) is 0.287. The molecule has 6 heteroatoms. The van der Waals surface area contributed by atoms with Crippen LogP contribution in [0.2, 0.25) is 0 Å². The number of aliphatic hydroxyl groups is 4. The number of benzene rings is 1. The van der Waals surface area contributed by atoms with Crippen molar-refractivity contribution >= 4 is 12.0 Å². The molecule has 196 valence electrons. The first-order valence-corrected chi connectivity index (χ1v) is 13.4. The molecule has 0 unspecified atom stereocenters. The molecule has 0 radical (unpaired) electrons. The molecule has 9 atom stereocenters. The molecule has 5 rings (SSSR count). The van der Waals surface area contributed by atoms with E-state index in [9.17, 15) is 25.2 Å². The van der Waals surface area contributed by atoms with Crippen molar-refractivity contribution in [2.45, 2.75) is 95.2 Å². The Labute approximate surface area is 213 Å². The number of carbonyl (C=O) groups is 1. The molecule has 3 fully saturated rings. The number of ether oxygens (including phenoxy) is 1. The molecule has 36 heavy (non-hydrogen) atoms. The van der Waals surface area contributed by atoms with E-state index in [4.69, 9.17) is 4.74 Å². The van der Waals surface area contributed by atoms with E-state index < -0.39 is 46.3 Å². The number of hydrogen-bond acceptors (Lipinski definition) is 6. The summed E-state index contributed by atoms with van der Waals surface area (Å²) in [7, 11) is 0. The lowest BCUT2D eigenvalue weighted by molar-refractivity contribution is -0.304. The van der Waals surface area contributed by atoms with E-state index in [-0.39, 0.29) is 11.8 Å². The second-order valence-electron chi connectivity index (χ2n) is 12.2. The third-order valence-electron chi connectivity index (χ3n) is 10.6. The topological polar surface area (TPSA) is 107 Å². The maximum Gasteiger partial charge on any atom is 0.331 e. The summed E-state index contributed by atoms with van der Waals surface area (Å²) in [5.74, 6) is -1.15. The van der Waals surface area contributed by atoms with Gasteiger partial charge in [0.25, 0.3) is 0 Å². The molecule has 4 N–H and O–H groups in total. The van der Waals surface area contributed by atoms with Gasteiger partial charge in [-0.05, 0) is 74.8 Å². The summed E-state index contributed by atoms with van der Waals surface area (Å²) in [6.07, 6.45) is 6.84. The van der Waals surface area contributed by atoms with Crippen LogP contribution in [-0.2, 0) is 9.53 Å². The predicted octanol–water partition coefficient (Wildman–Crippen LogP) is 3.77. The van der Waals surface area contributed by atoms with Crippen LogP contribution >= 0.6 is 0 Å². The molecular formula is C30H40O6. The Morgan fingerprint density at radius 2 is 1.86 bits per heavy atom. The van der Waals surface area contributed by atoms with Crippen LogP contribution in [-0.4, -0.2) is 55.9 Å². The molecule has 0 bridgehead atoms. The normalized spacial score (nSPS) is 44.8. The lowest BCUT2D eigenvalue weighted by Gasteiger charge is -2.66. The SMILES string of the molecule is C[C@H](O)[C@@H]1CC[C@@]2(O)[C@]1(C)[C@H](OC(=O)/C=C/c1ccccc1)C[C@@H]1[C@@]3(C)CC[C@H](O)CC3=CC[C@]12O. The third-order valence-corrected chi connectivity index (χ3v) is 10.6. The summed E-state index contributed by atoms with van der Waals surface area (Å²) in [4.78, 5) is 13.1. The highest BCUT2D eigenvalue weighted by molar-refractivity contribution is 5.87. The fraction of sp³-hybridized carbons (Fsp3) is 0.633. The lowest BCUT2D eigenvalue weighted by atomic mass is 9.42. The van der Waals surface area contributed by atoms with Gasteiger partial charge in [-0.2, -0.15) is 0 Å². The van der Waals surface area contributed by atoms with Gasteiger partial charge in [0.2, 0.25) is 0 Å². The van der Waals surface area contributed by atoms with E-state index in [0.29, 0.717) is 44.9 Å². The Hall–Kier alpha value is -1.99. The first-order valence-electron chi connectivity index (χ1n) is 13.4. The summed E-state index contributed by atoms with van der Waals surface area (Å²) in [5.41, 5.74) is -2.35. The molecule has 0 aromatic heterocycles. The second-order valence-corrected chi connectivity index (χ2v) is 12.2. The summed E-state index contributed by atoms with van der Waals surface area (Å²) >= 11 is 0. The van der Waals surface area contributed by atoms with Gasteiger partial charge in [-0.25, -0.2) is 4.79 Å². The van der Waals surface area contributed by atoms with E-state index in [1.807, 2.05) is 43.3 Å². The van der Waals surface area contributed by atoms with E-state index in [2.05, 4.69) is 6.92 Å². The van der Waals surface area contributed by atoms with Gasteiger partial charge >= 0.3 is 5.97 Å². The lowest BCUT2D eigenvalue weighted by Crippen LogP contribution is -2.75. The molecular weight excluding hydrogens is 456 g/mol. The average molecular weight is 497 g/mol. The molecule has 1 aromatic rings. The van der Waals surface area contributed by atoms with Crippen molar-refractivity contribution in [2.75, 3.05) is 0 Å². The first kappa shape index (κ1) is 25.7. The Kier molecular flexibility index (Phi) is 6.27. The highest BCUT2D eigenvalue weighted by Gasteiger charge is 2.77. The Morgan fingerprint density at radius 1 is 1.14 bits per heavy atom. The number of rotatable bonds is 4. The number of carbonyl (C=O) groups excluding carboxylic acids is 1. The van der Waals surface area contributed by atoms with Gasteiger partial charge in [0.15, 0.2) is 0 Å². The average Bonchev–Trinajstić information content (AvgIpc) is 3.14. The molecule has 0 saturated heterocycles. The maximum absolute atomic E-state index is 13.1. The van der Waals surface area contributed by atoms with E-state index >= 15 is 0 Å². The van der Waals surface area contributed by atoms with Crippen molar-refractivity contribution in [1.29, 1.82) is 0 Å². The highest BCUT2D eigenvalue weighted by atomic mass is 16.5. The molecule has 4 aliphatic rings. The van der Waals surface area contributed by atoms with Crippen LogP contribution in [0.1, 0.15) is 71.3 Å². The van der Waals surface area contributed by atoms with Crippen LogP contribution in [0.25, 0.3) is 6.08 Å². The molecule has 0 heterocycles. The smallest absolute Gasteiger partial charge is 0.331 e. The molecule has 3 saturated carbocycles. The fourth-order valence-electron chi connectivity index (χ4n) is 8.50. The van der Waals surface area contributed by atoms with Gasteiger partial charge in [-0.1, -0.05) is 55.8 Å². The number of aliphatic hydroxyl groups excluding tert-OH is 2. The first-order chi connectivity index (χ1) is 17.0. The van der Waals surface area contributed by atoms with Crippen molar-refractivity contribution < 1.29 is 30.0 Å².